The van der Waals surface area contributed by atoms with Crippen LogP contribution >= 0.6 is 27.5 Å². The minimum Gasteiger partial charge on any atom is -0.338 e. The molecule has 82 valence electrons. The van der Waals surface area contributed by atoms with Gasteiger partial charge in [-0.1, -0.05) is 18.5 Å². The van der Waals surface area contributed by atoms with E-state index in [1.807, 2.05) is 6.92 Å². The van der Waals surface area contributed by atoms with Crippen LogP contribution < -0.4 is 10.6 Å². The number of nitrogens with one attached hydrogen (secondary N) is 2. The van der Waals surface area contributed by atoms with Gasteiger partial charge in [-0.25, -0.2) is 4.79 Å². The highest BCUT2D eigenvalue weighted by Crippen LogP contribution is 2.25. The topological polar surface area (TPSA) is 41.1 Å². The van der Waals surface area contributed by atoms with Gasteiger partial charge in [0.1, 0.15) is 0 Å². The molecule has 0 aromatic heterocycles. The molecule has 1 aromatic rings. The third kappa shape index (κ3) is 4.10. The maximum atomic E-state index is 11.3. The van der Waals surface area contributed by atoms with Gasteiger partial charge >= 0.3 is 6.03 Å². The van der Waals surface area contributed by atoms with Crippen LogP contribution in [-0.4, -0.2) is 12.6 Å². The summed E-state index contributed by atoms with van der Waals surface area (Å²) < 4.78 is 0.762. The molecule has 0 aliphatic carbocycles. The third-order valence-corrected chi connectivity index (χ3v) is 2.93. The summed E-state index contributed by atoms with van der Waals surface area (Å²) in [6.07, 6.45) is 0.914. The van der Waals surface area contributed by atoms with Gasteiger partial charge in [0.25, 0.3) is 0 Å². The van der Waals surface area contributed by atoms with Crippen molar-refractivity contribution in [3.05, 3.63) is 27.7 Å². The average molecular weight is 292 g/mol. The van der Waals surface area contributed by atoms with Crippen molar-refractivity contribution in [2.45, 2.75) is 13.3 Å². The predicted molar refractivity (Wildman–Crippen MR) is 66.5 cm³/mol. The monoisotopic (exact) mass is 290 g/mol. The highest BCUT2D eigenvalue weighted by molar-refractivity contribution is 9.10. The van der Waals surface area contributed by atoms with E-state index in [0.29, 0.717) is 17.3 Å². The first-order valence-corrected chi connectivity index (χ1v) is 5.80. The summed E-state index contributed by atoms with van der Waals surface area (Å²) in [7, 11) is 0. The second kappa shape index (κ2) is 5.98. The van der Waals surface area contributed by atoms with Crippen LogP contribution in [0.2, 0.25) is 5.02 Å². The molecule has 3 nitrogen and oxygen atoms in total. The van der Waals surface area contributed by atoms with Crippen LogP contribution in [0.15, 0.2) is 22.7 Å². The molecule has 1 rings (SSSR count). The van der Waals surface area contributed by atoms with Gasteiger partial charge in [0.05, 0.1) is 5.02 Å². The Bertz CT molecular complexity index is 357. The van der Waals surface area contributed by atoms with E-state index in [-0.39, 0.29) is 6.03 Å². The van der Waals surface area contributed by atoms with Crippen molar-refractivity contribution < 1.29 is 4.79 Å². The first kappa shape index (κ1) is 12.3. The largest absolute Gasteiger partial charge is 0.338 e. The molecule has 1 aromatic carbocycles. The molecular formula is C10H12BrClN2O. The summed E-state index contributed by atoms with van der Waals surface area (Å²) in [6.45, 7) is 2.67. The number of benzene rings is 1. The Morgan fingerprint density at radius 2 is 2.27 bits per heavy atom. The maximum Gasteiger partial charge on any atom is 0.319 e. The van der Waals surface area contributed by atoms with E-state index in [0.717, 1.165) is 10.9 Å². The van der Waals surface area contributed by atoms with Gasteiger partial charge in [-0.2, -0.15) is 0 Å². The average Bonchev–Trinajstić information content (AvgIpc) is 2.20. The van der Waals surface area contributed by atoms with Crippen LogP contribution in [0.4, 0.5) is 10.5 Å². The molecule has 0 aliphatic heterocycles. The smallest absolute Gasteiger partial charge is 0.319 e. The van der Waals surface area contributed by atoms with E-state index in [9.17, 15) is 4.79 Å². The highest BCUT2D eigenvalue weighted by atomic mass is 79.9. The van der Waals surface area contributed by atoms with E-state index in [1.54, 1.807) is 18.2 Å². The Kier molecular flexibility index (Phi) is 4.91. The Morgan fingerprint density at radius 1 is 1.53 bits per heavy atom. The molecule has 0 saturated carbocycles. The molecule has 0 aliphatic rings. The summed E-state index contributed by atoms with van der Waals surface area (Å²) in [5.41, 5.74) is 0.708. The third-order valence-electron chi connectivity index (χ3n) is 1.71. The van der Waals surface area contributed by atoms with Gasteiger partial charge in [0, 0.05) is 16.7 Å². The molecule has 0 heterocycles. The number of hydrogen-bond donors (Lipinski definition) is 2. The number of halogens is 2. The van der Waals surface area contributed by atoms with Crippen molar-refractivity contribution >= 4 is 39.2 Å². The lowest BCUT2D eigenvalue weighted by Crippen LogP contribution is -2.29. The Morgan fingerprint density at radius 3 is 2.87 bits per heavy atom. The molecule has 0 radical (unpaired) electrons. The number of amides is 2. The first-order valence-electron chi connectivity index (χ1n) is 4.63. The maximum absolute atomic E-state index is 11.3. The van der Waals surface area contributed by atoms with Crippen LogP contribution in [0.1, 0.15) is 13.3 Å². The summed E-state index contributed by atoms with van der Waals surface area (Å²) >= 11 is 9.11. The highest BCUT2D eigenvalue weighted by Gasteiger charge is 2.02. The fourth-order valence-electron chi connectivity index (χ4n) is 0.988. The molecular weight excluding hydrogens is 279 g/mol. The number of urea groups is 1. The lowest BCUT2D eigenvalue weighted by atomic mass is 10.3. The fourth-order valence-corrected chi connectivity index (χ4v) is 1.48. The van der Waals surface area contributed by atoms with Crippen LogP contribution in [0.5, 0.6) is 0 Å². The number of hydrogen-bond acceptors (Lipinski definition) is 1. The van der Waals surface area contributed by atoms with Crippen LogP contribution in [-0.2, 0) is 0 Å². The van der Waals surface area contributed by atoms with Gasteiger partial charge in [0.2, 0.25) is 0 Å². The normalized spacial score (nSPS) is 9.80. The molecule has 2 N–H and O–H groups in total. The standard InChI is InChI=1S/C10H12BrClN2O/c1-2-5-13-10(15)14-7-3-4-9(12)8(11)6-7/h3-4,6H,2,5H2,1H3,(H2,13,14,15). The summed E-state index contributed by atoms with van der Waals surface area (Å²) in [6, 6.07) is 5.03. The zero-order valence-corrected chi connectivity index (χ0v) is 10.7. The molecule has 0 bridgehead atoms. The molecule has 5 heteroatoms. The first-order chi connectivity index (χ1) is 7.13. The minimum atomic E-state index is -0.203. The van der Waals surface area contributed by atoms with Gasteiger partial charge in [0.15, 0.2) is 0 Å². The van der Waals surface area contributed by atoms with Crippen molar-refractivity contribution in [2.75, 3.05) is 11.9 Å². The van der Waals surface area contributed by atoms with E-state index < -0.39 is 0 Å². The van der Waals surface area contributed by atoms with Crippen molar-refractivity contribution in [1.29, 1.82) is 0 Å². The molecule has 0 spiro atoms. The fraction of sp³-hybridized carbons (Fsp3) is 0.300. The second-order valence-electron chi connectivity index (χ2n) is 3.01. The zero-order chi connectivity index (χ0) is 11.3. The van der Waals surface area contributed by atoms with Crippen molar-refractivity contribution in [3.63, 3.8) is 0 Å². The summed E-state index contributed by atoms with van der Waals surface area (Å²) in [4.78, 5) is 11.3. The van der Waals surface area contributed by atoms with Gasteiger partial charge < -0.3 is 10.6 Å². The number of anilines is 1. The Hall–Kier alpha value is -0.740. The van der Waals surface area contributed by atoms with Crippen LogP contribution in [0.3, 0.4) is 0 Å². The lowest BCUT2D eigenvalue weighted by molar-refractivity contribution is 0.252. The van der Waals surface area contributed by atoms with E-state index in [1.165, 1.54) is 0 Å². The SMILES string of the molecule is CCCNC(=O)Nc1ccc(Cl)c(Br)c1. The Balaban J connectivity index is 2.57. The number of carbonyl (C=O) groups is 1. The second-order valence-corrected chi connectivity index (χ2v) is 4.27. The minimum absolute atomic E-state index is 0.203. The van der Waals surface area contributed by atoms with Crippen molar-refractivity contribution in [2.24, 2.45) is 0 Å². The summed E-state index contributed by atoms with van der Waals surface area (Å²) in [5.74, 6) is 0. The zero-order valence-electron chi connectivity index (χ0n) is 8.31. The van der Waals surface area contributed by atoms with Crippen LogP contribution in [0.25, 0.3) is 0 Å². The summed E-state index contributed by atoms with van der Waals surface area (Å²) in [5, 5.41) is 6.04. The molecule has 0 saturated heterocycles. The number of rotatable bonds is 3. The molecule has 0 fully saturated rings. The van der Waals surface area contributed by atoms with Crippen LogP contribution in [0, 0.1) is 0 Å². The molecule has 15 heavy (non-hydrogen) atoms. The predicted octanol–water partition coefficient (Wildman–Crippen LogP) is 3.63. The van der Waals surface area contributed by atoms with E-state index in [4.69, 9.17) is 11.6 Å². The van der Waals surface area contributed by atoms with Gasteiger partial charge in [-0.05, 0) is 40.5 Å². The lowest BCUT2D eigenvalue weighted by Gasteiger charge is -2.07. The van der Waals surface area contributed by atoms with Crippen molar-refractivity contribution in [1.82, 2.24) is 5.32 Å². The van der Waals surface area contributed by atoms with E-state index >= 15 is 0 Å². The van der Waals surface area contributed by atoms with E-state index in [2.05, 4.69) is 26.6 Å². The Labute approximate surface area is 102 Å². The van der Waals surface area contributed by atoms with Gasteiger partial charge in [-0.15, -0.1) is 0 Å². The molecule has 0 atom stereocenters. The van der Waals surface area contributed by atoms with Crippen molar-refractivity contribution in [3.8, 4) is 0 Å². The van der Waals surface area contributed by atoms with Gasteiger partial charge in [-0.3, -0.25) is 0 Å². The molecule has 0 unspecified atom stereocenters. The quantitative estimate of drug-likeness (QED) is 0.877. The number of carbonyl (C=O) groups excluding carboxylic acids is 1. The molecule has 2 amide bonds.